The second-order valence-corrected chi connectivity index (χ2v) is 7.14. The number of alkyl halides is 3. The molecular formula is C8H12Cl3NOS. The van der Waals surface area contributed by atoms with E-state index in [-0.39, 0.29) is 5.91 Å². The van der Waals surface area contributed by atoms with Gasteiger partial charge >= 0.3 is 0 Å². The molecule has 0 bridgehead atoms. The van der Waals surface area contributed by atoms with Crippen molar-refractivity contribution >= 4 is 52.7 Å². The first-order valence-corrected chi connectivity index (χ1v) is 6.31. The number of nitrogens with zero attached hydrogens (tertiary/aromatic N) is 1. The Kier molecular flexibility index (Phi) is 3.90. The van der Waals surface area contributed by atoms with E-state index in [4.69, 9.17) is 34.8 Å². The zero-order chi connectivity index (χ0) is 11.0. The van der Waals surface area contributed by atoms with Gasteiger partial charge in [0.2, 0.25) is 3.67 Å². The van der Waals surface area contributed by atoms with Crippen molar-refractivity contribution < 1.29 is 4.79 Å². The lowest BCUT2D eigenvalue weighted by molar-refractivity contribution is -0.127. The summed E-state index contributed by atoms with van der Waals surface area (Å²) in [6.07, 6.45) is 1.94. The number of unbranched alkanes of at least 4 members (excludes halogenated alkanes) is 1. The number of amides is 1. The molecule has 1 aliphatic rings. The predicted molar refractivity (Wildman–Crippen MR) is 62.9 cm³/mol. The Morgan fingerprint density at radius 1 is 1.43 bits per heavy atom. The lowest BCUT2D eigenvalue weighted by Gasteiger charge is -2.21. The molecule has 0 aromatic carbocycles. The molecule has 2 nitrogen and oxygen atoms in total. The van der Waals surface area contributed by atoms with Gasteiger partial charge in [-0.3, -0.25) is 9.10 Å². The number of carbonyl (C=O) groups is 1. The van der Waals surface area contributed by atoms with E-state index in [0.29, 0.717) is 6.54 Å². The first kappa shape index (κ1) is 12.8. The third-order valence-electron chi connectivity index (χ3n) is 2.11. The maximum absolute atomic E-state index is 11.8. The van der Waals surface area contributed by atoms with Gasteiger partial charge in [0.05, 0.1) is 0 Å². The van der Waals surface area contributed by atoms with Crippen LogP contribution in [0.15, 0.2) is 0 Å². The van der Waals surface area contributed by atoms with Gasteiger partial charge in [-0.2, -0.15) is 0 Å². The fourth-order valence-electron chi connectivity index (χ4n) is 1.07. The number of hydrogen-bond donors (Lipinski definition) is 0. The van der Waals surface area contributed by atoms with E-state index >= 15 is 0 Å². The summed E-state index contributed by atoms with van der Waals surface area (Å²) in [5, 5.41) is 0. The Morgan fingerprint density at radius 2 is 2.00 bits per heavy atom. The average molecular weight is 277 g/mol. The molecule has 1 unspecified atom stereocenters. The molecule has 0 aromatic heterocycles. The normalized spacial score (nSPS) is 31.2. The van der Waals surface area contributed by atoms with Crippen LogP contribution < -0.4 is 0 Å². The highest BCUT2D eigenvalue weighted by Gasteiger charge is 2.60. The predicted octanol–water partition coefficient (Wildman–Crippen LogP) is 3.41. The zero-order valence-electron chi connectivity index (χ0n) is 8.02. The van der Waals surface area contributed by atoms with Gasteiger partial charge in [-0.15, -0.1) is 11.6 Å². The van der Waals surface area contributed by atoms with Gasteiger partial charge in [0.25, 0.3) is 5.91 Å². The largest absolute Gasteiger partial charge is 0.282 e. The topological polar surface area (TPSA) is 20.3 Å². The van der Waals surface area contributed by atoms with Crippen LogP contribution in [-0.2, 0) is 4.79 Å². The minimum absolute atomic E-state index is 0.206. The van der Waals surface area contributed by atoms with Crippen molar-refractivity contribution in [2.24, 2.45) is 0 Å². The second kappa shape index (κ2) is 4.28. The molecule has 0 spiro atoms. The maximum atomic E-state index is 11.8. The molecule has 1 saturated heterocycles. The molecule has 1 amide bonds. The standard InChI is InChI=1S/C8H12Cl3NOS/c1-3-4-5-12-6(13)7(2,9)8(10,11)14-12/h3-5H2,1-2H3. The van der Waals surface area contributed by atoms with Crippen LogP contribution in [0.1, 0.15) is 26.7 Å². The summed E-state index contributed by atoms with van der Waals surface area (Å²) >= 11 is 19.0. The van der Waals surface area contributed by atoms with Crippen LogP contribution in [0.5, 0.6) is 0 Å². The molecular weight excluding hydrogens is 265 g/mol. The quantitative estimate of drug-likeness (QED) is 0.582. The number of rotatable bonds is 3. The number of hydrogen-bond acceptors (Lipinski definition) is 2. The van der Waals surface area contributed by atoms with Crippen LogP contribution in [0.25, 0.3) is 0 Å². The summed E-state index contributed by atoms with van der Waals surface area (Å²) in [7, 11) is 0. The van der Waals surface area contributed by atoms with E-state index in [1.54, 1.807) is 11.2 Å². The van der Waals surface area contributed by atoms with Gasteiger partial charge in [0.15, 0.2) is 4.87 Å². The maximum Gasteiger partial charge on any atom is 0.257 e. The molecule has 1 heterocycles. The van der Waals surface area contributed by atoms with Crippen molar-refractivity contribution in [1.82, 2.24) is 4.31 Å². The Labute approximate surface area is 103 Å². The van der Waals surface area contributed by atoms with Crippen molar-refractivity contribution in [3.63, 3.8) is 0 Å². The summed E-state index contributed by atoms with van der Waals surface area (Å²) in [6.45, 7) is 4.25. The fourth-order valence-corrected chi connectivity index (χ4v) is 3.01. The van der Waals surface area contributed by atoms with E-state index in [9.17, 15) is 4.79 Å². The molecule has 0 saturated carbocycles. The summed E-state index contributed by atoms with van der Waals surface area (Å²) in [4.78, 5) is 10.5. The monoisotopic (exact) mass is 275 g/mol. The van der Waals surface area contributed by atoms with Crippen LogP contribution in [0.2, 0.25) is 0 Å². The SMILES string of the molecule is CCCCN1SC(Cl)(Cl)C(C)(Cl)C1=O. The van der Waals surface area contributed by atoms with Crippen molar-refractivity contribution in [3.05, 3.63) is 0 Å². The summed E-state index contributed by atoms with van der Waals surface area (Å²) in [6, 6.07) is 0. The molecule has 0 radical (unpaired) electrons. The fraction of sp³-hybridized carbons (Fsp3) is 0.875. The molecule has 82 valence electrons. The molecule has 1 aliphatic heterocycles. The van der Waals surface area contributed by atoms with Crippen LogP contribution in [0.4, 0.5) is 0 Å². The molecule has 1 fully saturated rings. The van der Waals surface area contributed by atoms with Crippen molar-refractivity contribution in [3.8, 4) is 0 Å². The summed E-state index contributed by atoms with van der Waals surface area (Å²) in [5.41, 5.74) is 0. The Balaban J connectivity index is 2.73. The highest BCUT2D eigenvalue weighted by molar-refractivity contribution is 8.02. The van der Waals surface area contributed by atoms with Crippen LogP contribution in [-0.4, -0.2) is 25.3 Å². The Morgan fingerprint density at radius 3 is 2.36 bits per heavy atom. The van der Waals surface area contributed by atoms with Gasteiger partial charge in [0, 0.05) is 6.54 Å². The molecule has 1 atom stereocenters. The average Bonchev–Trinajstić information content (AvgIpc) is 2.23. The summed E-state index contributed by atoms with van der Waals surface area (Å²) in [5.74, 6) is -0.206. The molecule has 6 heteroatoms. The van der Waals surface area contributed by atoms with E-state index in [1.807, 2.05) is 0 Å². The number of halogens is 3. The highest BCUT2D eigenvalue weighted by atomic mass is 35.5. The first-order chi connectivity index (χ1) is 6.33. The van der Waals surface area contributed by atoms with Crippen molar-refractivity contribution in [2.45, 2.75) is 35.2 Å². The Hall–Kier alpha value is 0.690. The smallest absolute Gasteiger partial charge is 0.257 e. The van der Waals surface area contributed by atoms with Crippen molar-refractivity contribution in [1.29, 1.82) is 0 Å². The lowest BCUT2D eigenvalue weighted by Crippen LogP contribution is -2.39. The van der Waals surface area contributed by atoms with E-state index in [0.717, 1.165) is 24.8 Å². The van der Waals surface area contributed by atoms with Crippen LogP contribution in [0, 0.1) is 0 Å². The molecule has 0 aromatic rings. The third kappa shape index (κ3) is 2.11. The van der Waals surface area contributed by atoms with Gasteiger partial charge in [-0.1, -0.05) is 36.5 Å². The molecule has 1 rings (SSSR count). The van der Waals surface area contributed by atoms with Gasteiger partial charge in [-0.25, -0.2) is 0 Å². The van der Waals surface area contributed by atoms with Gasteiger partial charge in [0.1, 0.15) is 0 Å². The minimum atomic E-state index is -1.26. The lowest BCUT2D eigenvalue weighted by atomic mass is 10.2. The Bertz CT molecular complexity index is 245. The third-order valence-corrected chi connectivity index (χ3v) is 5.24. The van der Waals surface area contributed by atoms with E-state index < -0.39 is 8.54 Å². The van der Waals surface area contributed by atoms with E-state index in [2.05, 4.69) is 6.92 Å². The van der Waals surface area contributed by atoms with Crippen molar-refractivity contribution in [2.75, 3.05) is 6.54 Å². The van der Waals surface area contributed by atoms with Gasteiger partial charge < -0.3 is 0 Å². The number of carbonyl (C=O) groups excluding carboxylic acids is 1. The highest BCUT2D eigenvalue weighted by Crippen LogP contribution is 2.55. The second-order valence-electron chi connectivity index (χ2n) is 3.37. The first-order valence-electron chi connectivity index (χ1n) is 4.40. The minimum Gasteiger partial charge on any atom is -0.282 e. The van der Waals surface area contributed by atoms with Crippen LogP contribution in [0.3, 0.4) is 0 Å². The van der Waals surface area contributed by atoms with E-state index in [1.165, 1.54) is 0 Å². The molecule has 14 heavy (non-hydrogen) atoms. The molecule has 0 aliphatic carbocycles. The zero-order valence-corrected chi connectivity index (χ0v) is 11.1. The summed E-state index contributed by atoms with van der Waals surface area (Å²) < 4.78 is 0.288. The van der Waals surface area contributed by atoms with Crippen LogP contribution >= 0.6 is 46.8 Å². The van der Waals surface area contributed by atoms with Gasteiger partial charge in [-0.05, 0) is 25.3 Å². The molecule has 0 N–H and O–H groups in total.